The van der Waals surface area contributed by atoms with Gasteiger partial charge in [-0.05, 0) is 18.2 Å². The van der Waals surface area contributed by atoms with E-state index in [-0.39, 0.29) is 11.6 Å². The summed E-state index contributed by atoms with van der Waals surface area (Å²) in [5, 5.41) is 14.5. The summed E-state index contributed by atoms with van der Waals surface area (Å²) >= 11 is 0. The van der Waals surface area contributed by atoms with E-state index < -0.39 is 17.1 Å². The van der Waals surface area contributed by atoms with Crippen molar-refractivity contribution < 1.29 is 14.6 Å². The van der Waals surface area contributed by atoms with Crippen molar-refractivity contribution in [3.63, 3.8) is 0 Å². The van der Waals surface area contributed by atoms with E-state index in [9.17, 15) is 14.7 Å². The Balaban J connectivity index is 2.01. The summed E-state index contributed by atoms with van der Waals surface area (Å²) in [5.74, 6) is 0.908. The number of nitrogens with one attached hydrogen (secondary N) is 1. The monoisotopic (exact) mass is 360 g/mol. The van der Waals surface area contributed by atoms with Gasteiger partial charge in [0.15, 0.2) is 0 Å². The molecule has 1 aromatic heterocycles. The Labute approximate surface area is 149 Å². The molecule has 3 rings (SSSR count). The van der Waals surface area contributed by atoms with E-state index in [2.05, 4.69) is 10.5 Å². The summed E-state index contributed by atoms with van der Waals surface area (Å²) in [4.78, 5) is 24.3. The van der Waals surface area contributed by atoms with Gasteiger partial charge in [-0.3, -0.25) is 13.9 Å². The zero-order valence-electron chi connectivity index (χ0n) is 14.9. The van der Waals surface area contributed by atoms with Gasteiger partial charge in [0.2, 0.25) is 5.88 Å². The van der Waals surface area contributed by atoms with Gasteiger partial charge in [-0.15, -0.1) is 0 Å². The van der Waals surface area contributed by atoms with Crippen LogP contribution in [0.5, 0.6) is 17.4 Å². The second-order valence-electron chi connectivity index (χ2n) is 5.96. The van der Waals surface area contributed by atoms with Crippen molar-refractivity contribution in [2.45, 2.75) is 12.5 Å². The maximum Gasteiger partial charge on any atom is 0.333 e. The van der Waals surface area contributed by atoms with Gasteiger partial charge < -0.3 is 20.0 Å². The molecule has 0 amide bonds. The summed E-state index contributed by atoms with van der Waals surface area (Å²) in [7, 11) is 5.89. The molecule has 0 aliphatic carbocycles. The molecule has 138 valence electrons. The van der Waals surface area contributed by atoms with Crippen LogP contribution in [0.4, 0.5) is 0 Å². The maximum atomic E-state index is 12.5. The van der Waals surface area contributed by atoms with Crippen LogP contribution in [-0.2, 0) is 14.1 Å². The molecule has 0 spiro atoms. The molecule has 2 aromatic rings. The van der Waals surface area contributed by atoms with E-state index in [0.717, 1.165) is 14.7 Å². The molecule has 9 heteroatoms. The summed E-state index contributed by atoms with van der Waals surface area (Å²) < 4.78 is 12.6. The molecule has 9 nitrogen and oxygen atoms in total. The van der Waals surface area contributed by atoms with Crippen LogP contribution in [-0.4, -0.2) is 34.2 Å². The molecule has 1 atom stereocenters. The normalized spacial score (nSPS) is 16.2. The van der Waals surface area contributed by atoms with Gasteiger partial charge in [0.1, 0.15) is 17.1 Å². The summed E-state index contributed by atoms with van der Waals surface area (Å²) in [5.41, 5.74) is 2.95. The number of nitrogens with zero attached hydrogens (tertiary/aromatic N) is 3. The van der Waals surface area contributed by atoms with Crippen molar-refractivity contribution in [2.75, 3.05) is 14.2 Å². The third-order valence-corrected chi connectivity index (χ3v) is 4.49. The minimum absolute atomic E-state index is 0.00598. The van der Waals surface area contributed by atoms with Crippen LogP contribution in [0.25, 0.3) is 0 Å². The fraction of sp³-hybridized carbons (Fsp3) is 0.353. The highest BCUT2D eigenvalue weighted by molar-refractivity contribution is 6.03. The molecule has 2 heterocycles. The highest BCUT2D eigenvalue weighted by Crippen LogP contribution is 2.34. The van der Waals surface area contributed by atoms with Gasteiger partial charge in [-0.25, -0.2) is 4.79 Å². The fourth-order valence-corrected chi connectivity index (χ4v) is 2.98. The number of aromatic nitrogens is 2. The van der Waals surface area contributed by atoms with E-state index in [4.69, 9.17) is 9.47 Å². The van der Waals surface area contributed by atoms with Crippen molar-refractivity contribution in [3.05, 3.63) is 50.2 Å². The van der Waals surface area contributed by atoms with Crippen molar-refractivity contribution in [1.82, 2.24) is 14.6 Å². The average Bonchev–Trinajstić information content (AvgIpc) is 3.13. The Morgan fingerprint density at radius 2 is 1.92 bits per heavy atom. The summed E-state index contributed by atoms with van der Waals surface area (Å²) in [6.45, 7) is 0. The Morgan fingerprint density at radius 1 is 1.19 bits per heavy atom. The smallest absolute Gasteiger partial charge is 0.333 e. The fourth-order valence-electron chi connectivity index (χ4n) is 2.98. The third-order valence-electron chi connectivity index (χ3n) is 4.49. The van der Waals surface area contributed by atoms with E-state index in [1.807, 2.05) is 6.07 Å². The lowest BCUT2D eigenvalue weighted by atomic mass is 9.99. The minimum atomic E-state index is -0.603. The first-order valence-electron chi connectivity index (χ1n) is 7.92. The number of methoxy groups -OCH3 is 2. The van der Waals surface area contributed by atoms with E-state index in [1.54, 1.807) is 26.4 Å². The largest absolute Gasteiger partial charge is 0.497 e. The Hall–Kier alpha value is -3.23. The maximum absolute atomic E-state index is 12.5. The minimum Gasteiger partial charge on any atom is -0.497 e. The summed E-state index contributed by atoms with van der Waals surface area (Å²) in [6, 6.07) is 5.13. The van der Waals surface area contributed by atoms with Crippen LogP contribution in [0.2, 0.25) is 0 Å². The number of hydrazone groups is 1. The van der Waals surface area contributed by atoms with Crippen molar-refractivity contribution in [2.24, 2.45) is 19.2 Å². The van der Waals surface area contributed by atoms with Crippen molar-refractivity contribution >= 4 is 5.71 Å². The predicted molar refractivity (Wildman–Crippen MR) is 95.2 cm³/mol. The topological polar surface area (TPSA) is 107 Å². The molecule has 2 N–H and O–H groups in total. The van der Waals surface area contributed by atoms with Crippen LogP contribution in [0, 0.1) is 0 Å². The number of ether oxygens (including phenoxy) is 2. The Bertz CT molecular complexity index is 1010. The molecule has 26 heavy (non-hydrogen) atoms. The lowest BCUT2D eigenvalue weighted by Crippen LogP contribution is -2.39. The van der Waals surface area contributed by atoms with E-state index in [0.29, 0.717) is 23.6 Å². The number of benzene rings is 1. The highest BCUT2D eigenvalue weighted by Gasteiger charge is 2.29. The van der Waals surface area contributed by atoms with Crippen molar-refractivity contribution in [3.8, 4) is 17.4 Å². The molecule has 0 saturated carbocycles. The average molecular weight is 360 g/mol. The first kappa shape index (κ1) is 17.6. The quantitative estimate of drug-likeness (QED) is 0.809. The molecule has 0 radical (unpaired) electrons. The SMILES string of the molecule is COc1ccc(OC)c([C@H]2CC(c3c(O)n(C)c(=O)n(C)c3=O)=NN2)c1. The molecule has 1 aromatic carbocycles. The van der Waals surface area contributed by atoms with Gasteiger partial charge >= 0.3 is 5.69 Å². The van der Waals surface area contributed by atoms with Gasteiger partial charge in [0.25, 0.3) is 5.56 Å². The number of aromatic hydroxyl groups is 1. The highest BCUT2D eigenvalue weighted by atomic mass is 16.5. The van der Waals surface area contributed by atoms with Crippen LogP contribution in [0.3, 0.4) is 0 Å². The second-order valence-corrected chi connectivity index (χ2v) is 5.96. The molecule has 1 aliphatic heterocycles. The molecule has 1 aliphatic rings. The Kier molecular flexibility index (Phi) is 4.45. The van der Waals surface area contributed by atoms with Crippen LogP contribution >= 0.6 is 0 Å². The Morgan fingerprint density at radius 3 is 2.58 bits per heavy atom. The van der Waals surface area contributed by atoms with Gasteiger partial charge in [0, 0.05) is 26.1 Å². The lowest BCUT2D eigenvalue weighted by molar-refractivity contribution is 0.392. The third kappa shape index (κ3) is 2.71. The molecule has 0 bridgehead atoms. The molecule has 0 saturated heterocycles. The van der Waals surface area contributed by atoms with Gasteiger partial charge in [-0.2, -0.15) is 5.10 Å². The zero-order chi connectivity index (χ0) is 19.0. The number of hydrogen-bond acceptors (Lipinski definition) is 7. The molecule has 0 fully saturated rings. The van der Waals surface area contributed by atoms with E-state index >= 15 is 0 Å². The zero-order valence-corrected chi connectivity index (χ0v) is 14.9. The van der Waals surface area contributed by atoms with Crippen LogP contribution in [0.1, 0.15) is 23.6 Å². The second kappa shape index (κ2) is 6.58. The standard InChI is InChI=1S/C17H20N4O5/c1-20-15(22)14(16(23)21(2)17(20)24)12-8-11(18-19-12)10-7-9(25-3)5-6-13(10)26-4/h5-7,11,18,22H,8H2,1-4H3/t11-/m1/s1. The van der Waals surface area contributed by atoms with Gasteiger partial charge in [-0.1, -0.05) is 0 Å². The van der Waals surface area contributed by atoms with E-state index in [1.165, 1.54) is 14.1 Å². The molecule has 0 unspecified atom stereocenters. The number of hydrogen-bond donors (Lipinski definition) is 2. The van der Waals surface area contributed by atoms with Crippen LogP contribution in [0.15, 0.2) is 32.9 Å². The first-order chi connectivity index (χ1) is 12.4. The number of rotatable bonds is 4. The van der Waals surface area contributed by atoms with Gasteiger partial charge in [0.05, 0.1) is 26.0 Å². The first-order valence-corrected chi connectivity index (χ1v) is 7.92. The van der Waals surface area contributed by atoms with Crippen molar-refractivity contribution in [1.29, 1.82) is 0 Å². The molecular weight excluding hydrogens is 340 g/mol. The summed E-state index contributed by atoms with van der Waals surface area (Å²) in [6.07, 6.45) is 0.338. The lowest BCUT2D eigenvalue weighted by Gasteiger charge is -2.16. The predicted octanol–water partition coefficient (Wildman–Crippen LogP) is 0.245. The van der Waals surface area contributed by atoms with Crippen LogP contribution < -0.4 is 26.1 Å². The molecular formula is C17H20N4O5.